The fraction of sp³-hybridized carbons (Fsp3) is 0.429. The van der Waals surface area contributed by atoms with E-state index in [0.29, 0.717) is 63.9 Å². The van der Waals surface area contributed by atoms with E-state index in [-0.39, 0.29) is 58.9 Å². The highest BCUT2D eigenvalue weighted by Crippen LogP contribution is 2.54. The van der Waals surface area contributed by atoms with Crippen LogP contribution in [0.5, 0.6) is 0 Å². The highest BCUT2D eigenvalue weighted by Gasteiger charge is 2.55. The van der Waals surface area contributed by atoms with Gasteiger partial charge in [0.1, 0.15) is 5.52 Å². The standard InChI is InChI=1S/C42H39Cl2F2N7O/c1-20-11-26(15-34(45)49-20)51-18-25-12-27(19-51)52(42(54)22-8-9-22)40(25)33-16-29-21(2)50-38-30(41(29)53(33)39-24-14-32(39)48-17-24)13-23(5-4-10-47)35(37(38)46)28-6-3-7-31(43)36(28)44/h3,6-7,11,13,15-16,22,24-25,27,32,39-40,48H,4-5,8-9,12,14,17-19H2,1-2H3/t24-,25+,27-,32-,39+,40-/m1/s1. The van der Waals surface area contributed by atoms with Crippen molar-refractivity contribution in [1.29, 1.82) is 5.26 Å². The molecule has 0 unspecified atom stereocenters. The van der Waals surface area contributed by atoms with E-state index in [4.69, 9.17) is 28.2 Å². The van der Waals surface area contributed by atoms with E-state index in [2.05, 4.69) is 36.8 Å². The Kier molecular flexibility index (Phi) is 8.00. The van der Waals surface area contributed by atoms with Gasteiger partial charge in [0.15, 0.2) is 5.82 Å². The SMILES string of the molecule is Cc1cc(N2C[C@@H]3C[C@H](C2)N(C(=O)C2CC2)[C@H]3c2cc3c(C)nc4c(F)c(-c5cccc(Cl)c5Cl)c(CCC#N)cc4c3n2[C@H]2[C@H]3CN[C@@H]2C3)cc(F)n1. The highest BCUT2D eigenvalue weighted by molar-refractivity contribution is 6.43. The molecule has 4 bridgehead atoms. The van der Waals surface area contributed by atoms with E-state index in [1.165, 1.54) is 6.07 Å². The van der Waals surface area contributed by atoms with Gasteiger partial charge in [-0.05, 0) is 81.7 Å². The molecule has 7 heterocycles. The van der Waals surface area contributed by atoms with Gasteiger partial charge in [-0.15, -0.1) is 0 Å². The summed E-state index contributed by atoms with van der Waals surface area (Å²) in [5, 5.41) is 15.6. The number of aromatic nitrogens is 3. The van der Waals surface area contributed by atoms with Crippen LogP contribution in [0.4, 0.5) is 14.5 Å². The predicted octanol–water partition coefficient (Wildman–Crippen LogP) is 8.63. The smallest absolute Gasteiger partial charge is 0.226 e. The third kappa shape index (κ3) is 5.18. The number of nitriles is 1. The lowest BCUT2D eigenvalue weighted by Gasteiger charge is -2.40. The molecule has 2 aliphatic carbocycles. The largest absolute Gasteiger partial charge is 0.369 e. The predicted molar refractivity (Wildman–Crippen MR) is 206 cm³/mol. The van der Waals surface area contributed by atoms with Crippen molar-refractivity contribution in [3.8, 4) is 17.2 Å². The fourth-order valence-electron chi connectivity index (χ4n) is 10.3. The third-order valence-corrected chi connectivity index (χ3v) is 13.6. The molecule has 8 nitrogen and oxygen atoms in total. The summed E-state index contributed by atoms with van der Waals surface area (Å²) in [7, 11) is 0. The number of likely N-dealkylation sites (tertiary alicyclic amines) is 1. The lowest BCUT2D eigenvalue weighted by Crippen LogP contribution is -2.45. The fourth-order valence-corrected chi connectivity index (χ4v) is 10.7. The first-order chi connectivity index (χ1) is 26.1. The van der Waals surface area contributed by atoms with Crippen LogP contribution in [-0.2, 0) is 11.2 Å². The Morgan fingerprint density at radius 3 is 2.59 bits per heavy atom. The molecule has 2 saturated carbocycles. The van der Waals surface area contributed by atoms with Crippen LogP contribution in [0.2, 0.25) is 10.0 Å². The number of hydrogen-bond acceptors (Lipinski definition) is 6. The zero-order valence-corrected chi connectivity index (χ0v) is 31.6. The van der Waals surface area contributed by atoms with Gasteiger partial charge in [0.05, 0.1) is 39.8 Å². The Bertz CT molecular complexity index is 2420. The van der Waals surface area contributed by atoms with Crippen molar-refractivity contribution in [1.82, 2.24) is 24.8 Å². The van der Waals surface area contributed by atoms with Gasteiger partial charge in [0.25, 0.3) is 0 Å². The van der Waals surface area contributed by atoms with Crippen LogP contribution in [0.1, 0.15) is 66.8 Å². The van der Waals surface area contributed by atoms with Crippen molar-refractivity contribution < 1.29 is 13.6 Å². The first-order valence-corrected chi connectivity index (χ1v) is 19.8. The summed E-state index contributed by atoms with van der Waals surface area (Å²) in [6.07, 6.45) is 4.24. The number of rotatable bonds is 7. The summed E-state index contributed by atoms with van der Waals surface area (Å²) in [5.74, 6) is -0.279. The molecule has 276 valence electrons. The number of aryl methyl sites for hydroxylation is 3. The van der Waals surface area contributed by atoms with Gasteiger partial charge in [-0.2, -0.15) is 9.65 Å². The van der Waals surface area contributed by atoms with Gasteiger partial charge in [-0.1, -0.05) is 35.3 Å². The Hall–Kier alpha value is -4.30. The molecule has 6 aliphatic rings. The highest BCUT2D eigenvalue weighted by atomic mass is 35.5. The van der Waals surface area contributed by atoms with Crippen molar-refractivity contribution in [3.05, 3.63) is 86.9 Å². The van der Waals surface area contributed by atoms with E-state index < -0.39 is 11.8 Å². The summed E-state index contributed by atoms with van der Waals surface area (Å²) in [5.41, 5.74) is 5.79. The number of pyridine rings is 2. The summed E-state index contributed by atoms with van der Waals surface area (Å²) < 4.78 is 34.4. The Labute approximate surface area is 322 Å². The van der Waals surface area contributed by atoms with Crippen molar-refractivity contribution in [3.63, 3.8) is 0 Å². The minimum Gasteiger partial charge on any atom is -0.369 e. The molecule has 12 heteroatoms. The van der Waals surface area contributed by atoms with Crippen LogP contribution < -0.4 is 10.2 Å². The molecule has 0 spiro atoms. The molecule has 0 radical (unpaired) electrons. The van der Waals surface area contributed by atoms with Gasteiger partial charge in [0.2, 0.25) is 11.9 Å². The molecule has 54 heavy (non-hydrogen) atoms. The molecule has 5 aromatic rings. The van der Waals surface area contributed by atoms with Gasteiger partial charge in [-0.25, -0.2) is 14.4 Å². The Morgan fingerprint density at radius 1 is 1.04 bits per heavy atom. The topological polar surface area (TPSA) is 90.1 Å². The van der Waals surface area contributed by atoms with Crippen LogP contribution >= 0.6 is 23.2 Å². The van der Waals surface area contributed by atoms with Crippen molar-refractivity contribution >= 4 is 56.6 Å². The van der Waals surface area contributed by atoms with Gasteiger partial charge >= 0.3 is 0 Å². The number of carbonyl (C=O) groups excluding carboxylic acids is 1. The maximum absolute atomic E-state index is 17.3. The second-order valence-electron chi connectivity index (χ2n) is 16.1. The minimum absolute atomic E-state index is 0.0260. The maximum atomic E-state index is 17.3. The molecular formula is C42H39Cl2F2N7O. The van der Waals surface area contributed by atoms with Gasteiger partial charge in [-0.3, -0.25) is 4.79 Å². The van der Waals surface area contributed by atoms with Crippen LogP contribution in [0.15, 0.2) is 42.5 Å². The molecule has 4 aliphatic heterocycles. The number of amides is 1. The lowest BCUT2D eigenvalue weighted by atomic mass is 9.79. The lowest BCUT2D eigenvalue weighted by molar-refractivity contribution is -0.135. The van der Waals surface area contributed by atoms with Gasteiger partial charge < -0.3 is 19.7 Å². The summed E-state index contributed by atoms with van der Waals surface area (Å²) in [6, 6.07) is 15.2. The molecule has 4 saturated heterocycles. The Balaban J connectivity index is 1.21. The van der Waals surface area contributed by atoms with Crippen molar-refractivity contribution in [2.45, 2.75) is 76.5 Å². The van der Waals surface area contributed by atoms with E-state index in [0.717, 1.165) is 54.5 Å². The average Bonchev–Trinajstić information content (AvgIpc) is 3.42. The molecule has 6 atom stereocenters. The summed E-state index contributed by atoms with van der Waals surface area (Å²) >= 11 is 13.2. The van der Waals surface area contributed by atoms with E-state index in [1.807, 2.05) is 19.1 Å². The number of anilines is 1. The quantitative estimate of drug-likeness (QED) is 0.167. The first kappa shape index (κ1) is 34.2. The zero-order valence-electron chi connectivity index (χ0n) is 30.1. The van der Waals surface area contributed by atoms with Crippen LogP contribution in [0.3, 0.4) is 0 Å². The number of hydrogen-bond donors (Lipinski definition) is 1. The third-order valence-electron chi connectivity index (χ3n) is 12.8. The number of carbonyl (C=O) groups is 1. The molecule has 1 N–H and O–H groups in total. The number of nitrogens with one attached hydrogen (secondary N) is 1. The monoisotopic (exact) mass is 765 g/mol. The normalized spacial score (nSPS) is 25.8. The van der Waals surface area contributed by atoms with E-state index in [1.54, 1.807) is 25.1 Å². The minimum atomic E-state index is -0.504. The maximum Gasteiger partial charge on any atom is 0.226 e. The second-order valence-corrected chi connectivity index (χ2v) is 16.9. The molecule has 6 fully saturated rings. The average molecular weight is 767 g/mol. The van der Waals surface area contributed by atoms with Crippen LogP contribution in [0.25, 0.3) is 32.9 Å². The molecule has 2 aromatic carbocycles. The first-order valence-electron chi connectivity index (χ1n) is 19.0. The number of benzene rings is 2. The van der Waals surface area contributed by atoms with Gasteiger partial charge in [0, 0.05) is 94.7 Å². The van der Waals surface area contributed by atoms with E-state index in [9.17, 15) is 14.4 Å². The number of halogens is 4. The molecule has 3 aromatic heterocycles. The van der Waals surface area contributed by atoms with E-state index >= 15 is 4.39 Å². The molecule has 11 rings (SSSR count). The number of piperidine rings is 1. The Morgan fingerprint density at radius 2 is 1.87 bits per heavy atom. The molecular weight excluding hydrogens is 727 g/mol. The summed E-state index contributed by atoms with van der Waals surface area (Å²) in [4.78, 5) is 27.7. The number of fused-ring (bicyclic) bond motifs is 6. The van der Waals surface area contributed by atoms with Crippen LogP contribution in [0, 0.1) is 54.7 Å². The summed E-state index contributed by atoms with van der Waals surface area (Å²) in [6.45, 7) is 5.93. The molecule has 1 amide bonds. The van der Waals surface area contributed by atoms with Crippen molar-refractivity contribution in [2.75, 3.05) is 24.5 Å². The second kappa shape index (κ2) is 12.6. The van der Waals surface area contributed by atoms with Crippen LogP contribution in [-0.4, -0.2) is 57.1 Å². The van der Waals surface area contributed by atoms with Crippen molar-refractivity contribution in [2.24, 2.45) is 17.8 Å². The zero-order chi connectivity index (χ0) is 37.2. The number of nitrogens with zero attached hydrogens (tertiary/aromatic N) is 6.